The van der Waals surface area contributed by atoms with E-state index in [9.17, 15) is 0 Å². The number of nitrogens with one attached hydrogen (secondary N) is 1. The van der Waals surface area contributed by atoms with Crippen LogP contribution in [0, 0.1) is 5.92 Å². The van der Waals surface area contributed by atoms with Crippen LogP contribution in [0.4, 0.5) is 0 Å². The number of aliphatic imine (C=N–C) groups is 1. The van der Waals surface area contributed by atoms with Crippen molar-refractivity contribution in [2.75, 3.05) is 65.4 Å². The standard InChI is InChI=1S/C25H41N5/c1-4-26-25(27-20-22(3)21-29-17-15-28(5-2)16-18-29)30-13-11-24(12-14-30)19-23-9-7-6-8-10-23/h6-10,19,22H,4-5,11-18,20-21H2,1-3H3,(H,26,27). The second-order valence-electron chi connectivity index (χ2n) is 8.73. The van der Waals surface area contributed by atoms with Gasteiger partial charge in [0.1, 0.15) is 0 Å². The lowest BCUT2D eigenvalue weighted by Crippen LogP contribution is -2.47. The molecule has 2 aliphatic heterocycles. The van der Waals surface area contributed by atoms with Gasteiger partial charge in [0.25, 0.3) is 0 Å². The fourth-order valence-corrected chi connectivity index (χ4v) is 4.39. The molecule has 0 spiro atoms. The second kappa shape index (κ2) is 12.1. The van der Waals surface area contributed by atoms with E-state index in [2.05, 4.69) is 77.2 Å². The Hall–Kier alpha value is -1.85. The highest BCUT2D eigenvalue weighted by molar-refractivity contribution is 5.80. The minimum absolute atomic E-state index is 0.588. The molecule has 30 heavy (non-hydrogen) atoms. The summed E-state index contributed by atoms with van der Waals surface area (Å²) in [6.07, 6.45) is 4.61. The van der Waals surface area contributed by atoms with Crippen LogP contribution in [0.2, 0.25) is 0 Å². The third-order valence-corrected chi connectivity index (χ3v) is 6.25. The molecule has 5 heteroatoms. The SMILES string of the molecule is CCNC(=NCC(C)CN1CCN(CC)CC1)N1CCC(=Cc2ccccc2)CC1. The molecule has 2 heterocycles. The molecule has 2 saturated heterocycles. The Morgan fingerprint density at radius 1 is 1.00 bits per heavy atom. The largest absolute Gasteiger partial charge is 0.357 e. The number of rotatable bonds is 7. The summed E-state index contributed by atoms with van der Waals surface area (Å²) in [6.45, 7) is 17.9. The van der Waals surface area contributed by atoms with Crippen molar-refractivity contribution in [1.29, 1.82) is 0 Å². The first-order chi connectivity index (χ1) is 14.7. The lowest BCUT2D eigenvalue weighted by atomic mass is 10.0. The number of guanidine groups is 1. The topological polar surface area (TPSA) is 34.1 Å². The van der Waals surface area contributed by atoms with Gasteiger partial charge in [0.2, 0.25) is 0 Å². The number of nitrogens with zero attached hydrogens (tertiary/aromatic N) is 4. The van der Waals surface area contributed by atoms with Crippen LogP contribution in [0.3, 0.4) is 0 Å². The average Bonchev–Trinajstić information content (AvgIpc) is 2.78. The summed E-state index contributed by atoms with van der Waals surface area (Å²) >= 11 is 0. The first kappa shape index (κ1) is 22.8. The number of piperazine rings is 1. The highest BCUT2D eigenvalue weighted by atomic mass is 15.3. The van der Waals surface area contributed by atoms with Crippen molar-refractivity contribution >= 4 is 12.0 Å². The number of likely N-dealkylation sites (tertiary alicyclic amines) is 1. The molecule has 0 aliphatic carbocycles. The molecule has 5 nitrogen and oxygen atoms in total. The van der Waals surface area contributed by atoms with Gasteiger partial charge in [-0.1, -0.05) is 55.8 Å². The lowest BCUT2D eigenvalue weighted by molar-refractivity contribution is 0.125. The Morgan fingerprint density at radius 2 is 1.67 bits per heavy atom. The van der Waals surface area contributed by atoms with E-state index in [0.29, 0.717) is 5.92 Å². The minimum Gasteiger partial charge on any atom is -0.357 e. The van der Waals surface area contributed by atoms with E-state index in [-0.39, 0.29) is 0 Å². The van der Waals surface area contributed by atoms with E-state index >= 15 is 0 Å². The van der Waals surface area contributed by atoms with Crippen LogP contribution in [0.1, 0.15) is 39.2 Å². The van der Waals surface area contributed by atoms with E-state index in [1.54, 1.807) is 5.57 Å². The predicted molar refractivity (Wildman–Crippen MR) is 129 cm³/mol. The van der Waals surface area contributed by atoms with Crippen LogP contribution < -0.4 is 5.32 Å². The van der Waals surface area contributed by atoms with E-state index in [1.807, 2.05) is 0 Å². The maximum Gasteiger partial charge on any atom is 0.193 e. The quantitative estimate of drug-likeness (QED) is 0.551. The zero-order valence-electron chi connectivity index (χ0n) is 19.3. The molecule has 2 fully saturated rings. The Kier molecular flexibility index (Phi) is 9.22. The monoisotopic (exact) mass is 411 g/mol. The van der Waals surface area contributed by atoms with E-state index < -0.39 is 0 Å². The highest BCUT2D eigenvalue weighted by Crippen LogP contribution is 2.19. The van der Waals surface area contributed by atoms with Crippen LogP contribution in [-0.2, 0) is 0 Å². The van der Waals surface area contributed by atoms with Crippen molar-refractivity contribution < 1.29 is 0 Å². The third kappa shape index (κ3) is 7.13. The molecule has 1 aromatic carbocycles. The van der Waals surface area contributed by atoms with Crippen LogP contribution in [0.15, 0.2) is 40.9 Å². The molecule has 1 aromatic rings. The van der Waals surface area contributed by atoms with Gasteiger partial charge < -0.3 is 20.0 Å². The van der Waals surface area contributed by atoms with Crippen LogP contribution >= 0.6 is 0 Å². The van der Waals surface area contributed by atoms with Crippen LogP contribution in [0.25, 0.3) is 6.08 Å². The van der Waals surface area contributed by atoms with Gasteiger partial charge in [-0.05, 0) is 37.8 Å². The van der Waals surface area contributed by atoms with Gasteiger partial charge in [-0.25, -0.2) is 0 Å². The zero-order valence-corrected chi connectivity index (χ0v) is 19.3. The summed E-state index contributed by atoms with van der Waals surface area (Å²) in [4.78, 5) is 12.6. The lowest BCUT2D eigenvalue weighted by Gasteiger charge is -2.35. The summed E-state index contributed by atoms with van der Waals surface area (Å²) in [7, 11) is 0. The summed E-state index contributed by atoms with van der Waals surface area (Å²) in [5.41, 5.74) is 2.86. The maximum atomic E-state index is 5.02. The van der Waals surface area contributed by atoms with Gasteiger partial charge in [-0.2, -0.15) is 0 Å². The molecule has 1 N–H and O–H groups in total. The molecule has 2 aliphatic rings. The molecule has 3 rings (SSSR count). The van der Waals surface area contributed by atoms with Crippen molar-refractivity contribution in [2.24, 2.45) is 10.9 Å². The minimum atomic E-state index is 0.588. The number of benzene rings is 1. The van der Waals surface area contributed by atoms with Crippen molar-refractivity contribution in [2.45, 2.75) is 33.6 Å². The van der Waals surface area contributed by atoms with E-state index in [4.69, 9.17) is 4.99 Å². The first-order valence-corrected chi connectivity index (χ1v) is 11.9. The summed E-state index contributed by atoms with van der Waals surface area (Å²) in [5, 5.41) is 3.53. The normalized spacial score (nSPS) is 20.3. The van der Waals surface area contributed by atoms with Crippen molar-refractivity contribution in [3.63, 3.8) is 0 Å². The average molecular weight is 412 g/mol. The summed E-state index contributed by atoms with van der Waals surface area (Å²) < 4.78 is 0. The first-order valence-electron chi connectivity index (χ1n) is 11.9. The van der Waals surface area contributed by atoms with Gasteiger partial charge in [-0.3, -0.25) is 4.99 Å². The van der Waals surface area contributed by atoms with Gasteiger partial charge in [0.05, 0.1) is 0 Å². The number of piperidine rings is 1. The van der Waals surface area contributed by atoms with Crippen molar-refractivity contribution in [3.05, 3.63) is 41.5 Å². The Bertz CT molecular complexity index is 666. The van der Waals surface area contributed by atoms with Crippen molar-refractivity contribution in [3.8, 4) is 0 Å². The van der Waals surface area contributed by atoms with E-state index in [0.717, 1.165) is 51.5 Å². The Morgan fingerprint density at radius 3 is 2.30 bits per heavy atom. The number of likely N-dealkylation sites (N-methyl/N-ethyl adjacent to an activating group) is 1. The smallest absolute Gasteiger partial charge is 0.193 e. The zero-order chi connectivity index (χ0) is 21.2. The predicted octanol–water partition coefficient (Wildman–Crippen LogP) is 3.40. The van der Waals surface area contributed by atoms with Gasteiger partial charge >= 0.3 is 0 Å². The Labute approximate surface area is 183 Å². The molecule has 0 amide bonds. The maximum absolute atomic E-state index is 5.02. The third-order valence-electron chi connectivity index (χ3n) is 6.25. The molecule has 0 bridgehead atoms. The molecule has 0 aromatic heterocycles. The van der Waals surface area contributed by atoms with E-state index in [1.165, 1.54) is 38.3 Å². The number of hydrogen-bond donors (Lipinski definition) is 1. The highest BCUT2D eigenvalue weighted by Gasteiger charge is 2.19. The Balaban J connectivity index is 1.48. The molecular formula is C25H41N5. The van der Waals surface area contributed by atoms with Gasteiger partial charge in [-0.15, -0.1) is 0 Å². The van der Waals surface area contributed by atoms with Gasteiger partial charge in [0.15, 0.2) is 5.96 Å². The number of hydrogen-bond acceptors (Lipinski definition) is 3. The molecule has 1 atom stereocenters. The summed E-state index contributed by atoms with van der Waals surface area (Å²) in [5.74, 6) is 1.68. The molecule has 0 saturated carbocycles. The van der Waals surface area contributed by atoms with Gasteiger partial charge in [0, 0.05) is 58.9 Å². The van der Waals surface area contributed by atoms with Crippen LogP contribution in [0.5, 0.6) is 0 Å². The fraction of sp³-hybridized carbons (Fsp3) is 0.640. The molecule has 1 unspecified atom stereocenters. The van der Waals surface area contributed by atoms with Crippen LogP contribution in [-0.4, -0.2) is 86.1 Å². The molecular weight excluding hydrogens is 370 g/mol. The second-order valence-corrected chi connectivity index (χ2v) is 8.73. The molecule has 0 radical (unpaired) electrons. The fourth-order valence-electron chi connectivity index (χ4n) is 4.39. The molecule has 166 valence electrons. The van der Waals surface area contributed by atoms with Crippen molar-refractivity contribution in [1.82, 2.24) is 20.0 Å². The summed E-state index contributed by atoms with van der Waals surface area (Å²) in [6, 6.07) is 10.7.